The molecule has 3 nitrogen and oxygen atoms in total. The van der Waals surface area contributed by atoms with Gasteiger partial charge >= 0.3 is 0 Å². The van der Waals surface area contributed by atoms with E-state index in [9.17, 15) is 0 Å². The molecule has 0 saturated heterocycles. The van der Waals surface area contributed by atoms with Crippen molar-refractivity contribution in [2.24, 2.45) is 0 Å². The van der Waals surface area contributed by atoms with Gasteiger partial charge < -0.3 is 9.73 Å². The van der Waals surface area contributed by atoms with Gasteiger partial charge in [-0.15, -0.1) is 0 Å². The van der Waals surface area contributed by atoms with Crippen LogP contribution in [0.25, 0.3) is 10.8 Å². The number of hydrogen-bond donors (Lipinski definition) is 1. The largest absolute Gasteiger partial charge is 0.466 e. The number of aromatic nitrogens is 1. The number of pyridine rings is 1. The van der Waals surface area contributed by atoms with Crippen LogP contribution in [0.1, 0.15) is 28.7 Å². The predicted octanol–water partition coefficient (Wildman–Crippen LogP) is 3.75. The van der Waals surface area contributed by atoms with E-state index in [-0.39, 0.29) is 6.04 Å². The van der Waals surface area contributed by atoms with Gasteiger partial charge in [0.05, 0.1) is 6.04 Å². The van der Waals surface area contributed by atoms with Crippen LogP contribution in [0.2, 0.25) is 0 Å². The van der Waals surface area contributed by atoms with Gasteiger partial charge in [-0.1, -0.05) is 24.3 Å². The molecule has 3 heteroatoms. The number of furan rings is 1. The van der Waals surface area contributed by atoms with E-state index in [1.807, 2.05) is 39.4 Å². The average Bonchev–Trinajstić information content (AvgIpc) is 2.79. The molecular formula is C17H18N2O. The molecule has 1 unspecified atom stereocenters. The SMILES string of the molecule is CNC(c1cc(C)oc1C)c1cncc2ccccc12. The van der Waals surface area contributed by atoms with Crippen molar-refractivity contribution < 1.29 is 4.42 Å². The average molecular weight is 266 g/mol. The molecule has 2 aromatic heterocycles. The fourth-order valence-corrected chi connectivity index (χ4v) is 2.79. The maximum Gasteiger partial charge on any atom is 0.106 e. The van der Waals surface area contributed by atoms with Gasteiger partial charge in [0.25, 0.3) is 0 Å². The third kappa shape index (κ3) is 2.10. The number of aryl methyl sites for hydroxylation is 2. The second-order valence-electron chi connectivity index (χ2n) is 5.04. The van der Waals surface area contributed by atoms with Gasteiger partial charge in [-0.3, -0.25) is 4.98 Å². The molecule has 0 saturated carbocycles. The number of benzene rings is 1. The van der Waals surface area contributed by atoms with Gasteiger partial charge in [0.2, 0.25) is 0 Å². The van der Waals surface area contributed by atoms with Crippen molar-refractivity contribution in [3.8, 4) is 0 Å². The van der Waals surface area contributed by atoms with Crippen molar-refractivity contribution in [2.75, 3.05) is 7.05 Å². The highest BCUT2D eigenvalue weighted by atomic mass is 16.3. The third-order valence-corrected chi connectivity index (χ3v) is 3.69. The lowest BCUT2D eigenvalue weighted by atomic mass is 9.96. The molecule has 1 N–H and O–H groups in total. The van der Waals surface area contributed by atoms with Crippen LogP contribution in [0.3, 0.4) is 0 Å². The summed E-state index contributed by atoms with van der Waals surface area (Å²) in [5, 5.41) is 5.76. The van der Waals surface area contributed by atoms with Gasteiger partial charge in [-0.2, -0.15) is 0 Å². The molecule has 0 aliphatic rings. The predicted molar refractivity (Wildman–Crippen MR) is 80.8 cm³/mol. The molecule has 0 aliphatic heterocycles. The van der Waals surface area contributed by atoms with Crippen LogP contribution in [-0.4, -0.2) is 12.0 Å². The Hall–Kier alpha value is -2.13. The highest BCUT2D eigenvalue weighted by Crippen LogP contribution is 2.31. The molecule has 1 aromatic carbocycles. The van der Waals surface area contributed by atoms with E-state index < -0.39 is 0 Å². The van der Waals surface area contributed by atoms with Crippen molar-refractivity contribution in [2.45, 2.75) is 19.9 Å². The van der Waals surface area contributed by atoms with E-state index in [1.54, 1.807) is 0 Å². The van der Waals surface area contributed by atoms with Crippen LogP contribution in [0.15, 0.2) is 47.1 Å². The zero-order valence-electron chi connectivity index (χ0n) is 12.0. The Labute approximate surface area is 118 Å². The lowest BCUT2D eigenvalue weighted by Crippen LogP contribution is -2.18. The molecule has 0 bridgehead atoms. The van der Waals surface area contributed by atoms with Gasteiger partial charge in [0, 0.05) is 23.3 Å². The summed E-state index contributed by atoms with van der Waals surface area (Å²) < 4.78 is 5.67. The summed E-state index contributed by atoms with van der Waals surface area (Å²) >= 11 is 0. The Balaban J connectivity index is 2.19. The smallest absolute Gasteiger partial charge is 0.106 e. The van der Waals surface area contributed by atoms with Crippen molar-refractivity contribution in [1.82, 2.24) is 10.3 Å². The Morgan fingerprint density at radius 1 is 1.10 bits per heavy atom. The third-order valence-electron chi connectivity index (χ3n) is 3.69. The van der Waals surface area contributed by atoms with E-state index in [0.717, 1.165) is 16.9 Å². The molecule has 0 amide bonds. The lowest BCUT2D eigenvalue weighted by Gasteiger charge is -2.17. The zero-order chi connectivity index (χ0) is 14.1. The maximum atomic E-state index is 5.67. The van der Waals surface area contributed by atoms with E-state index in [0.29, 0.717) is 0 Å². The van der Waals surface area contributed by atoms with Crippen LogP contribution >= 0.6 is 0 Å². The number of rotatable bonds is 3. The van der Waals surface area contributed by atoms with E-state index in [1.165, 1.54) is 16.5 Å². The first-order valence-corrected chi connectivity index (χ1v) is 6.77. The standard InChI is InChI=1S/C17H18N2O/c1-11-8-15(12(2)20-11)17(18-3)16-10-19-9-13-6-4-5-7-14(13)16/h4-10,17-18H,1-3H3. The lowest BCUT2D eigenvalue weighted by molar-refractivity contribution is 0.497. The summed E-state index contributed by atoms with van der Waals surface area (Å²) in [6.07, 6.45) is 3.84. The second kappa shape index (κ2) is 5.10. The van der Waals surface area contributed by atoms with Crippen LogP contribution in [0.5, 0.6) is 0 Å². The summed E-state index contributed by atoms with van der Waals surface area (Å²) in [6.45, 7) is 3.98. The Bertz CT molecular complexity index is 740. The Morgan fingerprint density at radius 2 is 1.90 bits per heavy atom. The fourth-order valence-electron chi connectivity index (χ4n) is 2.79. The molecule has 0 spiro atoms. The summed E-state index contributed by atoms with van der Waals surface area (Å²) in [6, 6.07) is 10.5. The molecule has 20 heavy (non-hydrogen) atoms. The first kappa shape index (κ1) is 12.9. The van der Waals surface area contributed by atoms with Gasteiger partial charge in [0.1, 0.15) is 11.5 Å². The van der Waals surface area contributed by atoms with Crippen molar-refractivity contribution in [1.29, 1.82) is 0 Å². The highest BCUT2D eigenvalue weighted by Gasteiger charge is 2.19. The molecule has 3 aromatic rings. The van der Waals surface area contributed by atoms with Crippen LogP contribution in [-0.2, 0) is 0 Å². The minimum absolute atomic E-state index is 0.0889. The normalized spacial score (nSPS) is 12.8. The van der Waals surface area contributed by atoms with Crippen LogP contribution in [0.4, 0.5) is 0 Å². The van der Waals surface area contributed by atoms with Gasteiger partial charge in [0.15, 0.2) is 0 Å². The first-order chi connectivity index (χ1) is 9.70. The number of nitrogens with zero attached hydrogens (tertiary/aromatic N) is 1. The minimum atomic E-state index is 0.0889. The Kier molecular flexibility index (Phi) is 3.28. The molecule has 0 fully saturated rings. The molecule has 0 aliphatic carbocycles. The van der Waals surface area contributed by atoms with E-state index >= 15 is 0 Å². The molecular weight excluding hydrogens is 248 g/mol. The molecule has 102 valence electrons. The maximum absolute atomic E-state index is 5.67. The number of nitrogens with one attached hydrogen (secondary N) is 1. The monoisotopic (exact) mass is 266 g/mol. The summed E-state index contributed by atoms with van der Waals surface area (Å²) in [4.78, 5) is 4.37. The van der Waals surface area contributed by atoms with Crippen LogP contribution < -0.4 is 5.32 Å². The van der Waals surface area contributed by atoms with Gasteiger partial charge in [-0.05, 0) is 37.9 Å². The summed E-state index contributed by atoms with van der Waals surface area (Å²) in [5.41, 5.74) is 2.35. The molecule has 1 atom stereocenters. The summed E-state index contributed by atoms with van der Waals surface area (Å²) in [7, 11) is 1.97. The van der Waals surface area contributed by atoms with Crippen molar-refractivity contribution >= 4 is 10.8 Å². The minimum Gasteiger partial charge on any atom is -0.466 e. The molecule has 0 radical (unpaired) electrons. The second-order valence-corrected chi connectivity index (χ2v) is 5.04. The quantitative estimate of drug-likeness (QED) is 0.784. The topological polar surface area (TPSA) is 38.1 Å². The first-order valence-electron chi connectivity index (χ1n) is 6.77. The Morgan fingerprint density at radius 3 is 2.60 bits per heavy atom. The van der Waals surface area contributed by atoms with Crippen LogP contribution in [0, 0.1) is 13.8 Å². The highest BCUT2D eigenvalue weighted by molar-refractivity contribution is 5.85. The number of fused-ring (bicyclic) bond motifs is 1. The van der Waals surface area contributed by atoms with E-state index in [4.69, 9.17) is 4.42 Å². The van der Waals surface area contributed by atoms with Crippen molar-refractivity contribution in [3.05, 3.63) is 65.4 Å². The fraction of sp³-hybridized carbons (Fsp3) is 0.235. The molecule has 3 rings (SSSR count). The van der Waals surface area contributed by atoms with Gasteiger partial charge in [-0.25, -0.2) is 0 Å². The summed E-state index contributed by atoms with van der Waals surface area (Å²) in [5.74, 6) is 1.89. The molecule has 2 heterocycles. The van der Waals surface area contributed by atoms with E-state index in [2.05, 4.69) is 34.6 Å². The number of hydrogen-bond acceptors (Lipinski definition) is 3. The van der Waals surface area contributed by atoms with Crippen molar-refractivity contribution in [3.63, 3.8) is 0 Å². The zero-order valence-corrected chi connectivity index (χ0v) is 12.0.